The van der Waals surface area contributed by atoms with Crippen LogP contribution in [0.4, 0.5) is 4.39 Å². The van der Waals surface area contributed by atoms with Gasteiger partial charge in [0.1, 0.15) is 11.6 Å². The van der Waals surface area contributed by atoms with E-state index in [1.807, 2.05) is 0 Å². The number of rotatable bonds is 4. The van der Waals surface area contributed by atoms with Gasteiger partial charge in [-0.1, -0.05) is 0 Å². The standard InChI is InChI=1S/C11H15FN2O2/c1-7(13)6-14-11(15)9-4-3-8(16-2)5-10(9)12/h3-5,7H,6,13H2,1-2H3,(H,14,15). The second-order valence-corrected chi connectivity index (χ2v) is 3.53. The average molecular weight is 226 g/mol. The van der Waals surface area contributed by atoms with Crippen molar-refractivity contribution in [2.45, 2.75) is 13.0 Å². The Morgan fingerprint density at radius 3 is 2.81 bits per heavy atom. The van der Waals surface area contributed by atoms with E-state index < -0.39 is 11.7 Å². The van der Waals surface area contributed by atoms with Crippen molar-refractivity contribution in [3.63, 3.8) is 0 Å². The lowest BCUT2D eigenvalue weighted by molar-refractivity contribution is 0.0947. The summed E-state index contributed by atoms with van der Waals surface area (Å²) in [6, 6.07) is 3.92. The van der Waals surface area contributed by atoms with E-state index in [9.17, 15) is 9.18 Å². The summed E-state index contributed by atoms with van der Waals surface area (Å²) in [6.45, 7) is 2.06. The Morgan fingerprint density at radius 1 is 1.62 bits per heavy atom. The van der Waals surface area contributed by atoms with E-state index in [2.05, 4.69) is 5.32 Å². The molecule has 0 bridgehead atoms. The van der Waals surface area contributed by atoms with E-state index in [0.29, 0.717) is 12.3 Å². The summed E-state index contributed by atoms with van der Waals surface area (Å²) < 4.78 is 18.3. The summed E-state index contributed by atoms with van der Waals surface area (Å²) in [6.07, 6.45) is 0. The minimum absolute atomic E-state index is 0.0125. The number of carbonyl (C=O) groups is 1. The van der Waals surface area contributed by atoms with Crippen molar-refractivity contribution in [3.8, 4) is 5.75 Å². The zero-order chi connectivity index (χ0) is 12.1. The molecule has 1 aromatic carbocycles. The van der Waals surface area contributed by atoms with Crippen LogP contribution in [0.15, 0.2) is 18.2 Å². The molecule has 4 nitrogen and oxygen atoms in total. The van der Waals surface area contributed by atoms with Gasteiger partial charge in [-0.05, 0) is 19.1 Å². The minimum Gasteiger partial charge on any atom is -0.497 e. The van der Waals surface area contributed by atoms with Gasteiger partial charge >= 0.3 is 0 Å². The fourth-order valence-corrected chi connectivity index (χ4v) is 1.16. The average Bonchev–Trinajstić information content (AvgIpc) is 2.25. The van der Waals surface area contributed by atoms with E-state index in [0.717, 1.165) is 0 Å². The van der Waals surface area contributed by atoms with Crippen molar-refractivity contribution in [1.82, 2.24) is 5.32 Å². The molecule has 0 radical (unpaired) electrons. The number of nitrogens with two attached hydrogens (primary N) is 1. The molecule has 3 N–H and O–H groups in total. The molecule has 88 valence electrons. The molecule has 1 amide bonds. The fraction of sp³-hybridized carbons (Fsp3) is 0.364. The normalized spacial score (nSPS) is 12.0. The first kappa shape index (κ1) is 12.4. The van der Waals surface area contributed by atoms with Crippen LogP contribution in [0.5, 0.6) is 5.75 Å². The Balaban J connectivity index is 2.76. The molecule has 0 saturated carbocycles. The van der Waals surface area contributed by atoms with Crippen LogP contribution in [0.3, 0.4) is 0 Å². The molecule has 0 aliphatic carbocycles. The van der Waals surface area contributed by atoms with Crippen molar-refractivity contribution < 1.29 is 13.9 Å². The van der Waals surface area contributed by atoms with Crippen LogP contribution in [0.1, 0.15) is 17.3 Å². The Morgan fingerprint density at radius 2 is 2.31 bits per heavy atom. The van der Waals surface area contributed by atoms with Crippen LogP contribution in [-0.2, 0) is 0 Å². The molecular weight excluding hydrogens is 211 g/mol. The zero-order valence-electron chi connectivity index (χ0n) is 9.29. The smallest absolute Gasteiger partial charge is 0.254 e. The number of amides is 1. The Hall–Kier alpha value is -1.62. The van der Waals surface area contributed by atoms with Gasteiger partial charge in [-0.2, -0.15) is 0 Å². The van der Waals surface area contributed by atoms with Crippen molar-refractivity contribution in [1.29, 1.82) is 0 Å². The predicted molar refractivity (Wildman–Crippen MR) is 58.9 cm³/mol. The van der Waals surface area contributed by atoms with Gasteiger partial charge in [-0.3, -0.25) is 4.79 Å². The van der Waals surface area contributed by atoms with E-state index in [-0.39, 0.29) is 11.6 Å². The molecular formula is C11H15FN2O2. The number of hydrogen-bond donors (Lipinski definition) is 2. The Bertz CT molecular complexity index is 380. The third-order valence-electron chi connectivity index (χ3n) is 2.01. The lowest BCUT2D eigenvalue weighted by atomic mass is 10.2. The highest BCUT2D eigenvalue weighted by atomic mass is 19.1. The monoisotopic (exact) mass is 226 g/mol. The first-order valence-electron chi connectivity index (χ1n) is 4.92. The summed E-state index contributed by atoms with van der Waals surface area (Å²) in [5.74, 6) is -0.708. The quantitative estimate of drug-likeness (QED) is 0.802. The number of halogens is 1. The number of carbonyl (C=O) groups excluding carboxylic acids is 1. The number of nitrogens with one attached hydrogen (secondary N) is 1. The highest BCUT2D eigenvalue weighted by Gasteiger charge is 2.12. The molecule has 0 heterocycles. The molecule has 16 heavy (non-hydrogen) atoms. The van der Waals surface area contributed by atoms with Gasteiger partial charge in [-0.15, -0.1) is 0 Å². The summed E-state index contributed by atoms with van der Waals surface area (Å²) in [5, 5.41) is 2.53. The first-order valence-corrected chi connectivity index (χ1v) is 4.92. The van der Waals surface area contributed by atoms with E-state index in [1.54, 1.807) is 6.92 Å². The molecule has 0 aliphatic heterocycles. The first-order chi connectivity index (χ1) is 7.54. The van der Waals surface area contributed by atoms with Gasteiger partial charge in [-0.25, -0.2) is 4.39 Å². The highest BCUT2D eigenvalue weighted by molar-refractivity contribution is 5.94. The number of ether oxygens (including phenoxy) is 1. The summed E-state index contributed by atoms with van der Waals surface area (Å²) in [4.78, 5) is 11.5. The third kappa shape index (κ3) is 3.20. The molecule has 0 aliphatic rings. The molecule has 0 fully saturated rings. The van der Waals surface area contributed by atoms with E-state index in [1.165, 1.54) is 25.3 Å². The number of hydrogen-bond acceptors (Lipinski definition) is 3. The zero-order valence-corrected chi connectivity index (χ0v) is 9.29. The SMILES string of the molecule is COc1ccc(C(=O)NCC(C)N)c(F)c1. The molecule has 1 unspecified atom stereocenters. The topological polar surface area (TPSA) is 64.3 Å². The minimum atomic E-state index is -0.610. The molecule has 5 heteroatoms. The van der Waals surface area contributed by atoms with Gasteiger partial charge in [0.05, 0.1) is 12.7 Å². The van der Waals surface area contributed by atoms with Crippen molar-refractivity contribution in [2.75, 3.05) is 13.7 Å². The number of benzene rings is 1. The van der Waals surface area contributed by atoms with Gasteiger partial charge in [0, 0.05) is 18.7 Å². The highest BCUT2D eigenvalue weighted by Crippen LogP contribution is 2.15. The molecule has 0 saturated heterocycles. The number of methoxy groups -OCH3 is 1. The van der Waals surface area contributed by atoms with Gasteiger partial charge < -0.3 is 15.8 Å². The van der Waals surface area contributed by atoms with Crippen LogP contribution < -0.4 is 15.8 Å². The lowest BCUT2D eigenvalue weighted by Crippen LogP contribution is -2.35. The van der Waals surface area contributed by atoms with Crippen LogP contribution in [0.25, 0.3) is 0 Å². The maximum Gasteiger partial charge on any atom is 0.254 e. The molecule has 0 spiro atoms. The van der Waals surface area contributed by atoms with Crippen LogP contribution >= 0.6 is 0 Å². The fourth-order valence-electron chi connectivity index (χ4n) is 1.16. The Kier molecular flexibility index (Phi) is 4.25. The summed E-state index contributed by atoms with van der Waals surface area (Å²) in [7, 11) is 1.44. The Labute approximate surface area is 93.6 Å². The van der Waals surface area contributed by atoms with Crippen LogP contribution in [-0.4, -0.2) is 25.6 Å². The lowest BCUT2D eigenvalue weighted by Gasteiger charge is -2.09. The van der Waals surface area contributed by atoms with Crippen LogP contribution in [0, 0.1) is 5.82 Å². The second kappa shape index (κ2) is 5.46. The van der Waals surface area contributed by atoms with Crippen molar-refractivity contribution in [2.24, 2.45) is 5.73 Å². The van der Waals surface area contributed by atoms with Gasteiger partial charge in [0.2, 0.25) is 0 Å². The largest absolute Gasteiger partial charge is 0.497 e. The maximum atomic E-state index is 13.4. The molecule has 0 aromatic heterocycles. The summed E-state index contributed by atoms with van der Waals surface area (Å²) in [5.41, 5.74) is 5.46. The van der Waals surface area contributed by atoms with Crippen LogP contribution in [0.2, 0.25) is 0 Å². The molecule has 1 aromatic rings. The van der Waals surface area contributed by atoms with Crippen molar-refractivity contribution >= 4 is 5.91 Å². The van der Waals surface area contributed by atoms with Gasteiger partial charge in [0.25, 0.3) is 5.91 Å². The predicted octanol–water partition coefficient (Wildman–Crippen LogP) is 0.911. The van der Waals surface area contributed by atoms with E-state index in [4.69, 9.17) is 10.5 Å². The second-order valence-electron chi connectivity index (χ2n) is 3.53. The van der Waals surface area contributed by atoms with E-state index >= 15 is 0 Å². The molecule has 1 rings (SSSR count). The van der Waals surface area contributed by atoms with Gasteiger partial charge in [0.15, 0.2) is 0 Å². The van der Waals surface area contributed by atoms with Crippen molar-refractivity contribution in [3.05, 3.63) is 29.6 Å². The third-order valence-corrected chi connectivity index (χ3v) is 2.01. The molecule has 1 atom stereocenters. The summed E-state index contributed by atoms with van der Waals surface area (Å²) >= 11 is 0. The maximum absolute atomic E-state index is 13.4.